The predicted molar refractivity (Wildman–Crippen MR) is 91.2 cm³/mol. The van der Waals surface area contributed by atoms with Crippen LogP contribution in [0.1, 0.15) is 64.0 Å². The molecule has 2 unspecified atom stereocenters. The van der Waals surface area contributed by atoms with Crippen molar-refractivity contribution in [1.82, 2.24) is 5.06 Å². The fourth-order valence-electron chi connectivity index (χ4n) is 3.97. The molecule has 0 aromatic heterocycles. The van der Waals surface area contributed by atoms with E-state index >= 15 is 0 Å². The molecule has 4 heteroatoms. The molecule has 0 spiro atoms. The molecule has 1 aromatic carbocycles. The van der Waals surface area contributed by atoms with Crippen molar-refractivity contribution in [3.63, 3.8) is 0 Å². The standard InChI is InChI=1S/C19H31NO3/c1-3-8-16(14-21)19(2)12-7-11-17(20(19)23)13-18(22)15-9-5-4-6-10-15/h4-6,9-10,16-18,21-23H,3,7-8,11-14H2,1-2H3/t16?,17-,18?,19+/m1/s1. The normalized spacial score (nSPS) is 28.5. The van der Waals surface area contributed by atoms with Crippen molar-refractivity contribution in [3.05, 3.63) is 35.9 Å². The van der Waals surface area contributed by atoms with Crippen molar-refractivity contribution in [2.24, 2.45) is 5.92 Å². The zero-order valence-corrected chi connectivity index (χ0v) is 14.4. The summed E-state index contributed by atoms with van der Waals surface area (Å²) in [4.78, 5) is 0. The molecule has 1 aliphatic heterocycles. The van der Waals surface area contributed by atoms with E-state index in [1.54, 1.807) is 0 Å². The SMILES string of the molecule is CCCC(CO)[C@]1(C)CCC[C@H](CC(O)c2ccccc2)N1O. The summed E-state index contributed by atoms with van der Waals surface area (Å²) in [7, 11) is 0. The lowest BCUT2D eigenvalue weighted by Gasteiger charge is -2.50. The quantitative estimate of drug-likeness (QED) is 0.719. The molecule has 0 saturated carbocycles. The Balaban J connectivity index is 2.08. The van der Waals surface area contributed by atoms with E-state index in [1.165, 1.54) is 5.06 Å². The summed E-state index contributed by atoms with van der Waals surface area (Å²) in [5.74, 6) is 0.0640. The maximum Gasteiger partial charge on any atom is 0.0805 e. The van der Waals surface area contributed by atoms with E-state index in [2.05, 4.69) is 6.92 Å². The summed E-state index contributed by atoms with van der Waals surface area (Å²) in [6.45, 7) is 4.24. The van der Waals surface area contributed by atoms with E-state index in [9.17, 15) is 15.4 Å². The molecule has 0 radical (unpaired) electrons. The second-order valence-corrected chi connectivity index (χ2v) is 7.08. The van der Waals surface area contributed by atoms with Gasteiger partial charge in [0, 0.05) is 24.1 Å². The van der Waals surface area contributed by atoms with Crippen molar-refractivity contribution >= 4 is 0 Å². The van der Waals surface area contributed by atoms with Crippen LogP contribution in [0.15, 0.2) is 30.3 Å². The third-order valence-electron chi connectivity index (χ3n) is 5.51. The van der Waals surface area contributed by atoms with E-state index < -0.39 is 11.6 Å². The van der Waals surface area contributed by atoms with Crippen molar-refractivity contribution in [3.8, 4) is 0 Å². The molecule has 4 atom stereocenters. The van der Waals surface area contributed by atoms with Gasteiger partial charge in [-0.15, -0.1) is 0 Å². The van der Waals surface area contributed by atoms with E-state index in [1.807, 2.05) is 37.3 Å². The van der Waals surface area contributed by atoms with Gasteiger partial charge in [0.05, 0.1) is 6.10 Å². The minimum atomic E-state index is -0.572. The molecular formula is C19H31NO3. The topological polar surface area (TPSA) is 63.9 Å². The maximum atomic E-state index is 10.8. The highest BCUT2D eigenvalue weighted by Gasteiger charge is 2.44. The van der Waals surface area contributed by atoms with Gasteiger partial charge in [0.15, 0.2) is 0 Å². The van der Waals surface area contributed by atoms with E-state index in [-0.39, 0.29) is 18.6 Å². The van der Waals surface area contributed by atoms with Crippen molar-refractivity contribution < 1.29 is 15.4 Å². The molecule has 3 N–H and O–H groups in total. The predicted octanol–water partition coefficient (Wildman–Crippen LogP) is 3.52. The molecule has 0 amide bonds. The van der Waals surface area contributed by atoms with Gasteiger partial charge in [0.2, 0.25) is 0 Å². The number of aliphatic hydroxyl groups excluding tert-OH is 2. The summed E-state index contributed by atoms with van der Waals surface area (Å²) in [5.41, 5.74) is 0.477. The Bertz CT molecular complexity index is 467. The molecule has 1 heterocycles. The first-order chi connectivity index (χ1) is 11.0. The fourth-order valence-corrected chi connectivity index (χ4v) is 3.97. The van der Waals surface area contributed by atoms with Crippen LogP contribution in [-0.2, 0) is 0 Å². The molecule has 130 valence electrons. The zero-order valence-electron chi connectivity index (χ0n) is 14.4. The van der Waals surface area contributed by atoms with Gasteiger partial charge in [0.25, 0.3) is 0 Å². The van der Waals surface area contributed by atoms with Crippen LogP contribution in [0.3, 0.4) is 0 Å². The Kier molecular flexibility index (Phi) is 6.60. The lowest BCUT2D eigenvalue weighted by Crippen LogP contribution is -2.58. The first-order valence-electron chi connectivity index (χ1n) is 8.85. The van der Waals surface area contributed by atoms with Gasteiger partial charge in [-0.1, -0.05) is 43.7 Å². The second-order valence-electron chi connectivity index (χ2n) is 7.08. The molecule has 0 aliphatic carbocycles. The van der Waals surface area contributed by atoms with Gasteiger partial charge in [-0.3, -0.25) is 0 Å². The Morgan fingerprint density at radius 3 is 2.61 bits per heavy atom. The number of hydrogen-bond donors (Lipinski definition) is 3. The average Bonchev–Trinajstić information content (AvgIpc) is 2.57. The molecular weight excluding hydrogens is 290 g/mol. The Morgan fingerprint density at radius 1 is 1.30 bits per heavy atom. The Labute approximate surface area is 139 Å². The minimum Gasteiger partial charge on any atom is -0.396 e. The molecule has 4 nitrogen and oxygen atoms in total. The highest BCUT2D eigenvalue weighted by Crippen LogP contribution is 2.40. The summed E-state index contributed by atoms with van der Waals surface area (Å²) >= 11 is 0. The Hall–Kier alpha value is -0.940. The number of rotatable bonds is 7. The first kappa shape index (κ1) is 18.4. The van der Waals surface area contributed by atoms with Crippen molar-refractivity contribution in [2.75, 3.05) is 6.61 Å². The number of hydrogen-bond acceptors (Lipinski definition) is 4. The largest absolute Gasteiger partial charge is 0.396 e. The fraction of sp³-hybridized carbons (Fsp3) is 0.684. The summed E-state index contributed by atoms with van der Waals surface area (Å²) in [6.07, 6.45) is 4.61. The monoisotopic (exact) mass is 321 g/mol. The summed E-state index contributed by atoms with van der Waals surface area (Å²) < 4.78 is 0. The van der Waals surface area contributed by atoms with Gasteiger partial charge in [0.1, 0.15) is 0 Å². The van der Waals surface area contributed by atoms with Crippen LogP contribution in [0, 0.1) is 5.92 Å². The molecule has 1 fully saturated rings. The van der Waals surface area contributed by atoms with Crippen LogP contribution in [0.5, 0.6) is 0 Å². The highest BCUT2D eigenvalue weighted by molar-refractivity contribution is 5.17. The number of hydroxylamine groups is 2. The molecule has 2 rings (SSSR count). The van der Waals surface area contributed by atoms with Gasteiger partial charge >= 0.3 is 0 Å². The number of nitrogens with zero attached hydrogens (tertiary/aromatic N) is 1. The molecule has 1 aromatic rings. The van der Waals surface area contributed by atoms with Gasteiger partial charge in [-0.25, -0.2) is 0 Å². The summed E-state index contributed by atoms with van der Waals surface area (Å²) in [5, 5.41) is 32.5. The molecule has 0 bridgehead atoms. The van der Waals surface area contributed by atoms with Crippen LogP contribution in [0.4, 0.5) is 0 Å². The van der Waals surface area contributed by atoms with Crippen LogP contribution < -0.4 is 0 Å². The Morgan fingerprint density at radius 2 is 2.00 bits per heavy atom. The smallest absolute Gasteiger partial charge is 0.0805 e. The maximum absolute atomic E-state index is 10.8. The van der Waals surface area contributed by atoms with E-state index in [4.69, 9.17) is 0 Å². The van der Waals surface area contributed by atoms with Crippen LogP contribution in [0.25, 0.3) is 0 Å². The van der Waals surface area contributed by atoms with Crippen LogP contribution in [0.2, 0.25) is 0 Å². The highest BCUT2D eigenvalue weighted by atomic mass is 16.5. The third kappa shape index (κ3) is 4.13. The molecule has 23 heavy (non-hydrogen) atoms. The number of aliphatic hydroxyl groups is 2. The number of piperidine rings is 1. The molecule has 1 aliphatic rings. The zero-order chi connectivity index (χ0) is 16.9. The third-order valence-corrected chi connectivity index (χ3v) is 5.51. The van der Waals surface area contributed by atoms with E-state index in [0.29, 0.717) is 6.42 Å². The lowest BCUT2D eigenvalue weighted by atomic mass is 9.74. The average molecular weight is 321 g/mol. The van der Waals surface area contributed by atoms with Crippen molar-refractivity contribution in [1.29, 1.82) is 0 Å². The van der Waals surface area contributed by atoms with Crippen molar-refractivity contribution in [2.45, 2.75) is 70.1 Å². The lowest BCUT2D eigenvalue weighted by molar-refractivity contribution is -0.242. The van der Waals surface area contributed by atoms with E-state index in [0.717, 1.165) is 37.7 Å². The molecule has 1 saturated heterocycles. The van der Waals surface area contributed by atoms with Crippen LogP contribution in [-0.4, -0.2) is 38.7 Å². The van der Waals surface area contributed by atoms with Gasteiger partial charge in [-0.2, -0.15) is 5.06 Å². The minimum absolute atomic E-state index is 0.0640. The van der Waals surface area contributed by atoms with Gasteiger partial charge < -0.3 is 15.4 Å². The summed E-state index contributed by atoms with van der Waals surface area (Å²) in [6, 6.07) is 9.54. The van der Waals surface area contributed by atoms with Gasteiger partial charge in [-0.05, 0) is 44.6 Å². The first-order valence-corrected chi connectivity index (χ1v) is 8.85. The van der Waals surface area contributed by atoms with Crippen LogP contribution >= 0.6 is 0 Å². The second kappa shape index (κ2) is 8.25. The number of benzene rings is 1.